The van der Waals surface area contributed by atoms with Gasteiger partial charge in [0.25, 0.3) is 0 Å². The van der Waals surface area contributed by atoms with Crippen molar-refractivity contribution in [2.45, 2.75) is 13.8 Å². The lowest BCUT2D eigenvalue weighted by atomic mass is 10.5. The molecule has 1 atom stereocenters. The predicted molar refractivity (Wildman–Crippen MR) is 47.2 cm³/mol. The molecule has 0 fully saturated rings. The van der Waals surface area contributed by atoms with Gasteiger partial charge in [-0.05, 0) is 6.92 Å². The Labute approximate surface area is 74.2 Å². The van der Waals surface area contributed by atoms with Gasteiger partial charge in [0.2, 0.25) is 5.91 Å². The van der Waals surface area contributed by atoms with Gasteiger partial charge in [0, 0.05) is 30.0 Å². The van der Waals surface area contributed by atoms with E-state index in [1.165, 1.54) is 13.8 Å². The van der Waals surface area contributed by atoms with E-state index in [1.807, 2.05) is 0 Å². The van der Waals surface area contributed by atoms with Crippen molar-refractivity contribution in [2.24, 2.45) is 0 Å². The third-order valence-electron chi connectivity index (χ3n) is 1.07. The van der Waals surface area contributed by atoms with Crippen molar-refractivity contribution >= 4 is 22.5 Å². The topological polar surface area (TPSA) is 63.2 Å². The number of Topliss-reactive ketones (excluding diaryl/α,β-unsaturated/α-hetero) is 1. The van der Waals surface area contributed by atoms with E-state index in [2.05, 4.69) is 5.32 Å². The zero-order valence-corrected chi connectivity index (χ0v) is 8.07. The highest BCUT2D eigenvalue weighted by molar-refractivity contribution is 7.85. The van der Waals surface area contributed by atoms with Crippen LogP contribution in [0.15, 0.2) is 0 Å². The van der Waals surface area contributed by atoms with Crippen molar-refractivity contribution in [3.63, 3.8) is 0 Å². The molecule has 12 heavy (non-hydrogen) atoms. The van der Waals surface area contributed by atoms with Crippen LogP contribution in [0.5, 0.6) is 0 Å². The van der Waals surface area contributed by atoms with Crippen molar-refractivity contribution in [2.75, 3.05) is 18.1 Å². The minimum Gasteiger partial charge on any atom is -0.355 e. The van der Waals surface area contributed by atoms with Crippen molar-refractivity contribution < 1.29 is 13.8 Å². The zero-order chi connectivity index (χ0) is 9.56. The Morgan fingerprint density at radius 3 is 2.33 bits per heavy atom. The number of hydrogen-bond acceptors (Lipinski definition) is 3. The molecule has 0 spiro atoms. The van der Waals surface area contributed by atoms with Crippen LogP contribution in [-0.2, 0) is 20.4 Å². The maximum atomic E-state index is 11.0. The number of amides is 1. The summed E-state index contributed by atoms with van der Waals surface area (Å²) in [5.41, 5.74) is 0. The van der Waals surface area contributed by atoms with Crippen LogP contribution in [0.25, 0.3) is 0 Å². The van der Waals surface area contributed by atoms with E-state index in [1.54, 1.807) is 0 Å². The van der Waals surface area contributed by atoms with E-state index in [0.717, 1.165) is 0 Å². The largest absolute Gasteiger partial charge is 0.355 e. The molecular weight excluding hydrogens is 178 g/mol. The van der Waals surface area contributed by atoms with Crippen LogP contribution in [0, 0.1) is 0 Å². The summed E-state index contributed by atoms with van der Waals surface area (Å²) in [5, 5.41) is 2.51. The number of hydrogen-bond donors (Lipinski definition) is 1. The second kappa shape index (κ2) is 5.88. The van der Waals surface area contributed by atoms with Gasteiger partial charge in [-0.2, -0.15) is 0 Å². The number of rotatable bonds is 5. The summed E-state index contributed by atoms with van der Waals surface area (Å²) < 4.78 is 11.0. The van der Waals surface area contributed by atoms with Gasteiger partial charge in [-0.3, -0.25) is 13.8 Å². The summed E-state index contributed by atoms with van der Waals surface area (Å²) in [4.78, 5) is 20.8. The van der Waals surface area contributed by atoms with Crippen LogP contribution >= 0.6 is 0 Å². The molecule has 1 N–H and O–H groups in total. The molecule has 0 rings (SSSR count). The van der Waals surface area contributed by atoms with Crippen LogP contribution in [0.3, 0.4) is 0 Å². The predicted octanol–water partition coefficient (Wildman–Crippen LogP) is -0.540. The van der Waals surface area contributed by atoms with E-state index in [4.69, 9.17) is 0 Å². The quantitative estimate of drug-likeness (QED) is 0.635. The number of carbonyl (C=O) groups excluding carboxylic acids is 2. The summed E-state index contributed by atoms with van der Waals surface area (Å²) in [6.07, 6.45) is 0. The van der Waals surface area contributed by atoms with Crippen LogP contribution < -0.4 is 5.32 Å². The summed E-state index contributed by atoms with van der Waals surface area (Å²) in [5.74, 6) is 0.199. The molecule has 0 bridgehead atoms. The molecule has 0 aliphatic heterocycles. The minimum absolute atomic E-state index is 0.0829. The summed E-state index contributed by atoms with van der Waals surface area (Å²) in [6, 6.07) is 0. The third kappa shape index (κ3) is 7.40. The molecule has 1 amide bonds. The lowest BCUT2D eigenvalue weighted by Gasteiger charge is -2.00. The first kappa shape index (κ1) is 11.3. The first-order valence-electron chi connectivity index (χ1n) is 3.61. The van der Waals surface area contributed by atoms with Crippen molar-refractivity contribution in [3.05, 3.63) is 0 Å². The van der Waals surface area contributed by atoms with Gasteiger partial charge in [-0.25, -0.2) is 0 Å². The summed E-state index contributed by atoms with van der Waals surface area (Å²) in [6.45, 7) is 3.17. The maximum absolute atomic E-state index is 11.0. The Balaban J connectivity index is 3.44. The monoisotopic (exact) mass is 191 g/mol. The van der Waals surface area contributed by atoms with E-state index < -0.39 is 10.8 Å². The van der Waals surface area contributed by atoms with E-state index >= 15 is 0 Å². The van der Waals surface area contributed by atoms with Gasteiger partial charge >= 0.3 is 0 Å². The number of carbonyl (C=O) groups is 2. The van der Waals surface area contributed by atoms with Crippen LogP contribution in [0.4, 0.5) is 0 Å². The average Bonchev–Trinajstić information content (AvgIpc) is 1.84. The second-order valence-corrected chi connectivity index (χ2v) is 4.05. The third-order valence-corrected chi connectivity index (χ3v) is 2.46. The molecule has 0 saturated carbocycles. The molecule has 1 unspecified atom stereocenters. The summed E-state index contributed by atoms with van der Waals surface area (Å²) in [7, 11) is -1.13. The molecule has 0 saturated heterocycles. The molecule has 0 aliphatic carbocycles. The molecule has 70 valence electrons. The normalized spacial score (nSPS) is 12.2. The Bertz CT molecular complexity index is 203. The fraction of sp³-hybridized carbons (Fsp3) is 0.714. The maximum Gasteiger partial charge on any atom is 0.216 e. The van der Waals surface area contributed by atoms with Gasteiger partial charge in [-0.15, -0.1) is 0 Å². The highest BCUT2D eigenvalue weighted by Crippen LogP contribution is 1.82. The SMILES string of the molecule is CC(=O)CS(=O)CCNC(C)=O. The zero-order valence-electron chi connectivity index (χ0n) is 7.25. The molecule has 0 aliphatic rings. The second-order valence-electron chi connectivity index (χ2n) is 2.47. The first-order chi connectivity index (χ1) is 5.52. The molecule has 0 radical (unpaired) electrons. The van der Waals surface area contributed by atoms with Gasteiger partial charge in [-0.1, -0.05) is 0 Å². The Hall–Kier alpha value is -0.710. The molecule has 5 heteroatoms. The Morgan fingerprint density at radius 1 is 1.33 bits per heavy atom. The Kier molecular flexibility index (Phi) is 5.53. The average molecular weight is 191 g/mol. The van der Waals surface area contributed by atoms with E-state index in [0.29, 0.717) is 12.3 Å². The van der Waals surface area contributed by atoms with Gasteiger partial charge in [0.15, 0.2) is 0 Å². The van der Waals surface area contributed by atoms with Gasteiger partial charge < -0.3 is 5.32 Å². The summed E-state index contributed by atoms with van der Waals surface area (Å²) >= 11 is 0. The van der Waals surface area contributed by atoms with Crippen molar-refractivity contribution in [1.82, 2.24) is 5.32 Å². The van der Waals surface area contributed by atoms with Crippen molar-refractivity contribution in [1.29, 1.82) is 0 Å². The molecule has 4 nitrogen and oxygen atoms in total. The molecule has 0 aromatic rings. The lowest BCUT2D eigenvalue weighted by molar-refractivity contribution is -0.118. The van der Waals surface area contributed by atoms with Crippen LogP contribution in [-0.4, -0.2) is 33.9 Å². The standard InChI is InChI=1S/C7H13NO3S/c1-6(9)5-12(11)4-3-8-7(2)10/h3-5H2,1-2H3,(H,8,10). The van der Waals surface area contributed by atoms with E-state index in [-0.39, 0.29) is 17.4 Å². The molecule has 0 aromatic heterocycles. The molecule has 0 heterocycles. The lowest BCUT2D eigenvalue weighted by Crippen LogP contribution is -2.26. The fourth-order valence-electron chi connectivity index (χ4n) is 0.640. The fourth-order valence-corrected chi connectivity index (χ4v) is 1.57. The van der Waals surface area contributed by atoms with Crippen LogP contribution in [0.2, 0.25) is 0 Å². The highest BCUT2D eigenvalue weighted by atomic mass is 32.2. The number of nitrogens with one attached hydrogen (secondary N) is 1. The van der Waals surface area contributed by atoms with Gasteiger partial charge in [0.1, 0.15) is 5.78 Å². The number of ketones is 1. The molecular formula is C7H13NO3S. The van der Waals surface area contributed by atoms with Crippen LogP contribution in [0.1, 0.15) is 13.8 Å². The smallest absolute Gasteiger partial charge is 0.216 e. The minimum atomic E-state index is -1.13. The highest BCUT2D eigenvalue weighted by Gasteiger charge is 2.02. The molecule has 0 aromatic carbocycles. The van der Waals surface area contributed by atoms with E-state index in [9.17, 15) is 13.8 Å². The first-order valence-corrected chi connectivity index (χ1v) is 5.10. The van der Waals surface area contributed by atoms with Crippen molar-refractivity contribution in [3.8, 4) is 0 Å². The van der Waals surface area contributed by atoms with Gasteiger partial charge in [0.05, 0.1) is 5.75 Å². The Morgan fingerprint density at radius 2 is 1.92 bits per heavy atom.